The molecule has 3 nitrogen and oxygen atoms in total. The van der Waals surface area contributed by atoms with Gasteiger partial charge < -0.3 is 4.74 Å². The molecule has 4 heteroatoms. The summed E-state index contributed by atoms with van der Waals surface area (Å²) in [5, 5.41) is 0. The number of likely N-dealkylation sites (tertiary alicyclic amines) is 1. The summed E-state index contributed by atoms with van der Waals surface area (Å²) < 4.78 is 19.0. The number of hydrogen-bond donors (Lipinski definition) is 0. The quantitative estimate of drug-likeness (QED) is 0.797. The van der Waals surface area contributed by atoms with E-state index in [9.17, 15) is 4.39 Å². The summed E-state index contributed by atoms with van der Waals surface area (Å²) in [7, 11) is 0. The molecule has 0 radical (unpaired) electrons. The molecule has 1 aromatic rings. The molecule has 0 saturated carbocycles. The van der Waals surface area contributed by atoms with Crippen molar-refractivity contribution in [1.29, 1.82) is 0 Å². The van der Waals surface area contributed by atoms with Crippen LogP contribution in [-0.4, -0.2) is 54.7 Å². The number of piperidine rings is 1. The van der Waals surface area contributed by atoms with Gasteiger partial charge in [-0.15, -0.1) is 0 Å². The highest BCUT2D eigenvalue weighted by molar-refractivity contribution is 5.20. The molecule has 3 rings (SSSR count). The molecule has 2 fully saturated rings. The molecular formula is C21H33FN2O. The van der Waals surface area contributed by atoms with Gasteiger partial charge in [-0.2, -0.15) is 0 Å². The Morgan fingerprint density at radius 3 is 2.24 bits per heavy atom. The lowest BCUT2D eigenvalue weighted by Gasteiger charge is -2.41. The van der Waals surface area contributed by atoms with E-state index >= 15 is 0 Å². The van der Waals surface area contributed by atoms with Crippen molar-refractivity contribution >= 4 is 0 Å². The molecule has 3 unspecified atom stereocenters. The Bertz CT molecular complexity index is 517. The zero-order chi connectivity index (χ0) is 17.8. The average molecular weight is 349 g/mol. The Balaban J connectivity index is 1.51. The smallest absolute Gasteiger partial charge is 0.123 e. The fourth-order valence-electron chi connectivity index (χ4n) is 4.64. The third kappa shape index (κ3) is 5.02. The van der Waals surface area contributed by atoms with Gasteiger partial charge in [-0.3, -0.25) is 9.80 Å². The lowest BCUT2D eigenvalue weighted by atomic mass is 9.92. The summed E-state index contributed by atoms with van der Waals surface area (Å²) in [6, 6.07) is 7.50. The number of ether oxygens (including phenoxy) is 1. The van der Waals surface area contributed by atoms with Gasteiger partial charge in [0.15, 0.2) is 0 Å². The molecule has 0 aromatic heterocycles. The number of hydrogen-bond acceptors (Lipinski definition) is 3. The van der Waals surface area contributed by atoms with E-state index in [1.165, 1.54) is 24.9 Å². The lowest BCUT2D eigenvalue weighted by Crippen LogP contribution is -2.48. The second-order valence-corrected chi connectivity index (χ2v) is 7.93. The van der Waals surface area contributed by atoms with Crippen LogP contribution in [0.2, 0.25) is 0 Å². The first-order valence-corrected chi connectivity index (χ1v) is 9.92. The number of rotatable bonds is 5. The van der Waals surface area contributed by atoms with Gasteiger partial charge in [-0.05, 0) is 69.8 Å². The monoisotopic (exact) mass is 348 g/mol. The Labute approximate surface area is 152 Å². The predicted molar refractivity (Wildman–Crippen MR) is 100 cm³/mol. The average Bonchev–Trinajstić information content (AvgIpc) is 2.58. The number of benzene rings is 1. The fourth-order valence-corrected chi connectivity index (χ4v) is 4.64. The van der Waals surface area contributed by atoms with E-state index in [4.69, 9.17) is 4.74 Å². The summed E-state index contributed by atoms with van der Waals surface area (Å²) in [5.41, 5.74) is 1.25. The summed E-state index contributed by atoms with van der Waals surface area (Å²) in [4.78, 5) is 5.19. The standard InChI is InChI=1S/C21H33FN2O/c1-4-21(19-5-7-20(22)8-6-19)24-11-9-18(10-12-24)15-23-13-16(2)25-17(3)14-23/h5-8,16-18,21H,4,9-15H2,1-3H3. The molecule has 2 heterocycles. The van der Waals surface area contributed by atoms with E-state index in [0.717, 1.165) is 38.5 Å². The van der Waals surface area contributed by atoms with Crippen LogP contribution in [0.25, 0.3) is 0 Å². The van der Waals surface area contributed by atoms with E-state index in [2.05, 4.69) is 30.6 Å². The van der Waals surface area contributed by atoms with Gasteiger partial charge in [0.05, 0.1) is 12.2 Å². The predicted octanol–water partition coefficient (Wildman–Crippen LogP) is 4.10. The third-order valence-corrected chi connectivity index (χ3v) is 5.74. The first-order chi connectivity index (χ1) is 12.0. The summed E-state index contributed by atoms with van der Waals surface area (Å²) in [5.74, 6) is 0.644. The molecule has 0 N–H and O–H groups in total. The lowest BCUT2D eigenvalue weighted by molar-refractivity contribution is -0.0735. The molecule has 0 spiro atoms. The summed E-state index contributed by atoms with van der Waals surface area (Å²) in [6.07, 6.45) is 4.31. The molecule has 25 heavy (non-hydrogen) atoms. The largest absolute Gasteiger partial charge is 0.373 e. The highest BCUT2D eigenvalue weighted by atomic mass is 19.1. The Morgan fingerprint density at radius 2 is 1.68 bits per heavy atom. The molecule has 2 saturated heterocycles. The van der Waals surface area contributed by atoms with E-state index in [1.807, 2.05) is 12.1 Å². The highest BCUT2D eigenvalue weighted by Gasteiger charge is 2.28. The Hall–Kier alpha value is -0.970. The van der Waals surface area contributed by atoms with E-state index in [-0.39, 0.29) is 5.82 Å². The number of nitrogens with zero attached hydrogens (tertiary/aromatic N) is 2. The molecule has 140 valence electrons. The molecule has 0 bridgehead atoms. The van der Waals surface area contributed by atoms with Crippen molar-refractivity contribution in [3.8, 4) is 0 Å². The maximum absolute atomic E-state index is 13.2. The van der Waals surface area contributed by atoms with E-state index < -0.39 is 0 Å². The van der Waals surface area contributed by atoms with Gasteiger partial charge in [-0.25, -0.2) is 4.39 Å². The van der Waals surface area contributed by atoms with E-state index in [0.29, 0.717) is 18.2 Å². The van der Waals surface area contributed by atoms with Crippen molar-refractivity contribution in [2.75, 3.05) is 32.7 Å². The van der Waals surface area contributed by atoms with Crippen LogP contribution in [-0.2, 0) is 4.74 Å². The SMILES string of the molecule is CCC(c1ccc(F)cc1)N1CCC(CN2CC(C)OC(C)C2)CC1. The molecule has 1 aromatic carbocycles. The first kappa shape index (κ1) is 18.8. The van der Waals surface area contributed by atoms with Gasteiger partial charge in [0, 0.05) is 25.7 Å². The van der Waals surface area contributed by atoms with Crippen molar-refractivity contribution in [2.24, 2.45) is 5.92 Å². The Morgan fingerprint density at radius 1 is 1.08 bits per heavy atom. The minimum atomic E-state index is -0.147. The van der Waals surface area contributed by atoms with Crippen molar-refractivity contribution in [1.82, 2.24) is 9.80 Å². The molecule has 0 aliphatic carbocycles. The van der Waals surface area contributed by atoms with Crippen molar-refractivity contribution in [3.05, 3.63) is 35.6 Å². The van der Waals surface area contributed by atoms with Gasteiger partial charge in [0.1, 0.15) is 5.82 Å². The molecule has 2 aliphatic rings. The second kappa shape index (κ2) is 8.61. The van der Waals surface area contributed by atoms with Crippen LogP contribution in [0.3, 0.4) is 0 Å². The molecule has 2 aliphatic heterocycles. The fraction of sp³-hybridized carbons (Fsp3) is 0.714. The van der Waals surface area contributed by atoms with Gasteiger partial charge >= 0.3 is 0 Å². The highest BCUT2D eigenvalue weighted by Crippen LogP contribution is 2.30. The van der Waals surface area contributed by atoms with Crippen LogP contribution in [0.1, 0.15) is 51.6 Å². The van der Waals surface area contributed by atoms with Gasteiger partial charge in [0.2, 0.25) is 0 Å². The third-order valence-electron chi connectivity index (χ3n) is 5.74. The zero-order valence-electron chi connectivity index (χ0n) is 16.0. The Kier molecular flexibility index (Phi) is 6.48. The van der Waals surface area contributed by atoms with Crippen molar-refractivity contribution in [2.45, 2.75) is 58.3 Å². The van der Waals surface area contributed by atoms with E-state index in [1.54, 1.807) is 12.1 Å². The van der Waals surface area contributed by atoms with Crippen LogP contribution >= 0.6 is 0 Å². The zero-order valence-corrected chi connectivity index (χ0v) is 16.0. The topological polar surface area (TPSA) is 15.7 Å². The minimum Gasteiger partial charge on any atom is -0.373 e. The van der Waals surface area contributed by atoms with Crippen LogP contribution < -0.4 is 0 Å². The van der Waals surface area contributed by atoms with Crippen LogP contribution in [0.4, 0.5) is 4.39 Å². The summed E-state index contributed by atoms with van der Waals surface area (Å²) in [6.45, 7) is 12.2. The van der Waals surface area contributed by atoms with Crippen LogP contribution in [0.5, 0.6) is 0 Å². The normalized spacial score (nSPS) is 28.2. The van der Waals surface area contributed by atoms with Crippen LogP contribution in [0.15, 0.2) is 24.3 Å². The maximum Gasteiger partial charge on any atom is 0.123 e. The molecule has 0 amide bonds. The molecule has 3 atom stereocenters. The van der Waals surface area contributed by atoms with Crippen LogP contribution in [0, 0.1) is 11.7 Å². The minimum absolute atomic E-state index is 0.147. The maximum atomic E-state index is 13.2. The molecular weight excluding hydrogens is 315 g/mol. The first-order valence-electron chi connectivity index (χ1n) is 9.92. The summed E-state index contributed by atoms with van der Waals surface area (Å²) >= 11 is 0. The number of halogens is 1. The number of morpholine rings is 1. The second-order valence-electron chi connectivity index (χ2n) is 7.93. The van der Waals surface area contributed by atoms with Crippen molar-refractivity contribution in [3.63, 3.8) is 0 Å². The van der Waals surface area contributed by atoms with Crippen molar-refractivity contribution < 1.29 is 9.13 Å². The van der Waals surface area contributed by atoms with Gasteiger partial charge in [0.25, 0.3) is 0 Å². The van der Waals surface area contributed by atoms with Gasteiger partial charge in [-0.1, -0.05) is 19.1 Å².